The minimum absolute atomic E-state index is 0.217. The number of ether oxygens (including phenoxy) is 1. The van der Waals surface area contributed by atoms with Crippen molar-refractivity contribution in [2.45, 2.75) is 13.0 Å². The minimum atomic E-state index is -0.323. The van der Waals surface area contributed by atoms with Gasteiger partial charge in [-0.05, 0) is 24.1 Å². The van der Waals surface area contributed by atoms with Gasteiger partial charge in [0.25, 0.3) is 5.91 Å². The van der Waals surface area contributed by atoms with E-state index < -0.39 is 0 Å². The van der Waals surface area contributed by atoms with Gasteiger partial charge in [-0.25, -0.2) is 14.4 Å². The van der Waals surface area contributed by atoms with E-state index in [0.29, 0.717) is 36.6 Å². The highest BCUT2D eigenvalue weighted by atomic mass is 19.1. The summed E-state index contributed by atoms with van der Waals surface area (Å²) in [4.78, 5) is 20.6. The number of anilines is 1. The number of nitrogens with zero attached hydrogens (tertiary/aromatic N) is 2. The van der Waals surface area contributed by atoms with Gasteiger partial charge >= 0.3 is 0 Å². The van der Waals surface area contributed by atoms with Gasteiger partial charge in [0.05, 0.1) is 19.5 Å². The molecule has 1 amide bonds. The Bertz CT molecular complexity index is 932. The Morgan fingerprint density at radius 3 is 2.50 bits per heavy atom. The first-order valence-corrected chi connectivity index (χ1v) is 8.87. The molecule has 0 saturated carbocycles. The van der Waals surface area contributed by atoms with Crippen molar-refractivity contribution in [3.05, 3.63) is 83.6 Å². The maximum Gasteiger partial charge on any atom is 0.271 e. The Balaban J connectivity index is 1.50. The van der Waals surface area contributed by atoms with Crippen LogP contribution in [0.1, 0.15) is 21.6 Å². The molecule has 0 saturated heterocycles. The molecule has 0 fully saturated rings. The fraction of sp³-hybridized carbons (Fsp3) is 0.190. The topological polar surface area (TPSA) is 76.1 Å². The molecule has 7 heteroatoms. The molecule has 0 bridgehead atoms. The molecular formula is C21H21FN4O2. The summed E-state index contributed by atoms with van der Waals surface area (Å²) in [6.07, 6.45) is 3.41. The van der Waals surface area contributed by atoms with Gasteiger partial charge in [-0.3, -0.25) is 4.79 Å². The number of carbonyl (C=O) groups is 1. The Morgan fingerprint density at radius 1 is 1.04 bits per heavy atom. The molecule has 1 heterocycles. The van der Waals surface area contributed by atoms with E-state index in [0.717, 1.165) is 5.56 Å². The van der Waals surface area contributed by atoms with Crippen molar-refractivity contribution < 1.29 is 13.9 Å². The van der Waals surface area contributed by atoms with E-state index in [-0.39, 0.29) is 17.4 Å². The van der Waals surface area contributed by atoms with E-state index in [2.05, 4.69) is 20.6 Å². The second kappa shape index (κ2) is 9.45. The van der Waals surface area contributed by atoms with E-state index in [1.54, 1.807) is 25.3 Å². The summed E-state index contributed by atoms with van der Waals surface area (Å²) in [7, 11) is 1.59. The summed E-state index contributed by atoms with van der Waals surface area (Å²) >= 11 is 0. The second-order valence-corrected chi connectivity index (χ2v) is 6.05. The lowest BCUT2D eigenvalue weighted by Gasteiger charge is -2.09. The molecule has 144 valence electrons. The molecule has 0 unspecified atom stereocenters. The number of nitrogens with one attached hydrogen (secondary N) is 2. The maximum atomic E-state index is 13.6. The third-order valence-electron chi connectivity index (χ3n) is 4.17. The number of hydrogen-bond acceptors (Lipinski definition) is 5. The molecule has 6 nitrogen and oxygen atoms in total. The first-order chi connectivity index (χ1) is 13.7. The van der Waals surface area contributed by atoms with Crippen molar-refractivity contribution in [3.8, 4) is 5.75 Å². The van der Waals surface area contributed by atoms with Crippen LogP contribution in [-0.2, 0) is 13.0 Å². The number of rotatable bonds is 8. The van der Waals surface area contributed by atoms with E-state index >= 15 is 0 Å². The molecule has 3 aromatic rings. The second-order valence-electron chi connectivity index (χ2n) is 6.05. The van der Waals surface area contributed by atoms with Gasteiger partial charge in [-0.15, -0.1) is 0 Å². The van der Waals surface area contributed by atoms with Crippen molar-refractivity contribution in [3.63, 3.8) is 0 Å². The zero-order chi connectivity index (χ0) is 19.8. The molecule has 28 heavy (non-hydrogen) atoms. The lowest BCUT2D eigenvalue weighted by Crippen LogP contribution is -2.24. The smallest absolute Gasteiger partial charge is 0.271 e. The highest BCUT2D eigenvalue weighted by Crippen LogP contribution is 2.16. The quantitative estimate of drug-likeness (QED) is 0.628. The maximum absolute atomic E-state index is 13.6. The van der Waals surface area contributed by atoms with Crippen LogP contribution in [0.15, 0.2) is 60.9 Å². The molecule has 2 aromatic carbocycles. The summed E-state index contributed by atoms with van der Waals surface area (Å²) in [5.74, 6) is 0.690. The number of amides is 1. The van der Waals surface area contributed by atoms with Crippen LogP contribution in [0.25, 0.3) is 0 Å². The Morgan fingerprint density at radius 2 is 1.79 bits per heavy atom. The highest BCUT2D eigenvalue weighted by molar-refractivity contribution is 5.92. The van der Waals surface area contributed by atoms with Crippen molar-refractivity contribution in [2.24, 2.45) is 0 Å². The SMILES string of the molecule is COc1ccccc1CNC(=O)c1cnc(NCCc2ccccc2F)cn1. The fourth-order valence-electron chi connectivity index (χ4n) is 2.68. The number of halogens is 1. The van der Waals surface area contributed by atoms with Crippen LogP contribution in [0.5, 0.6) is 5.75 Å². The third-order valence-corrected chi connectivity index (χ3v) is 4.17. The monoisotopic (exact) mass is 380 g/mol. The normalized spacial score (nSPS) is 10.4. The Labute approximate surface area is 162 Å². The summed E-state index contributed by atoms with van der Waals surface area (Å²) in [6.45, 7) is 0.835. The molecule has 2 N–H and O–H groups in total. The zero-order valence-electron chi connectivity index (χ0n) is 15.5. The number of aromatic nitrogens is 2. The zero-order valence-corrected chi connectivity index (χ0v) is 15.5. The fourth-order valence-corrected chi connectivity index (χ4v) is 2.68. The summed E-state index contributed by atoms with van der Waals surface area (Å²) in [5.41, 5.74) is 1.72. The molecule has 1 aromatic heterocycles. The number of hydrogen-bond donors (Lipinski definition) is 2. The summed E-state index contributed by atoms with van der Waals surface area (Å²) < 4.78 is 18.9. The van der Waals surface area contributed by atoms with Gasteiger partial charge in [-0.2, -0.15) is 0 Å². The Kier molecular flexibility index (Phi) is 6.51. The van der Waals surface area contributed by atoms with Crippen molar-refractivity contribution >= 4 is 11.7 Å². The van der Waals surface area contributed by atoms with Crippen LogP contribution in [0.3, 0.4) is 0 Å². The third kappa shape index (κ3) is 5.03. The van der Waals surface area contributed by atoms with Crippen molar-refractivity contribution in [1.82, 2.24) is 15.3 Å². The minimum Gasteiger partial charge on any atom is -0.496 e. The van der Waals surface area contributed by atoms with Gasteiger partial charge in [0.1, 0.15) is 23.1 Å². The van der Waals surface area contributed by atoms with Crippen molar-refractivity contribution in [2.75, 3.05) is 19.0 Å². The van der Waals surface area contributed by atoms with E-state index in [9.17, 15) is 9.18 Å². The van der Waals surface area contributed by atoms with Crippen LogP contribution in [0, 0.1) is 5.82 Å². The van der Waals surface area contributed by atoms with E-state index in [4.69, 9.17) is 4.74 Å². The number of methoxy groups -OCH3 is 1. The first-order valence-electron chi connectivity index (χ1n) is 8.87. The highest BCUT2D eigenvalue weighted by Gasteiger charge is 2.09. The van der Waals surface area contributed by atoms with Gasteiger partial charge in [0.15, 0.2) is 0 Å². The molecule has 0 radical (unpaired) electrons. The number of benzene rings is 2. The number of carbonyl (C=O) groups excluding carboxylic acids is 1. The van der Waals surface area contributed by atoms with E-state index in [1.807, 2.05) is 24.3 Å². The molecular weight excluding hydrogens is 359 g/mol. The van der Waals surface area contributed by atoms with Gasteiger partial charge in [0, 0.05) is 18.7 Å². The predicted octanol–water partition coefficient (Wildman–Crippen LogP) is 3.21. The van der Waals surface area contributed by atoms with E-state index in [1.165, 1.54) is 18.5 Å². The number of para-hydroxylation sites is 1. The lowest BCUT2D eigenvalue weighted by atomic mass is 10.1. The van der Waals surface area contributed by atoms with Gasteiger partial charge in [0.2, 0.25) is 0 Å². The standard InChI is InChI=1S/C21H21FN4O2/c1-28-19-9-5-3-7-16(19)12-26-21(27)18-13-25-20(14-24-18)23-11-10-15-6-2-4-8-17(15)22/h2-9,13-14H,10-12H2,1H3,(H,23,25)(H,26,27). The van der Waals surface area contributed by atoms with Gasteiger partial charge in [-0.1, -0.05) is 36.4 Å². The molecule has 0 aliphatic heterocycles. The first kappa shape index (κ1) is 19.3. The Hall–Kier alpha value is -3.48. The van der Waals surface area contributed by atoms with Crippen LogP contribution in [0.2, 0.25) is 0 Å². The predicted molar refractivity (Wildman–Crippen MR) is 105 cm³/mol. The average Bonchev–Trinajstić information content (AvgIpc) is 2.74. The van der Waals surface area contributed by atoms with Crippen LogP contribution >= 0.6 is 0 Å². The summed E-state index contributed by atoms with van der Waals surface area (Å²) in [5, 5.41) is 5.87. The molecule has 3 rings (SSSR count). The van der Waals surface area contributed by atoms with Gasteiger partial charge < -0.3 is 15.4 Å². The van der Waals surface area contributed by atoms with Crippen LogP contribution in [-0.4, -0.2) is 29.5 Å². The average molecular weight is 380 g/mol. The van der Waals surface area contributed by atoms with Crippen LogP contribution < -0.4 is 15.4 Å². The van der Waals surface area contributed by atoms with Crippen molar-refractivity contribution in [1.29, 1.82) is 0 Å². The summed E-state index contributed by atoms with van der Waals surface area (Å²) in [6, 6.07) is 14.1. The molecule has 0 spiro atoms. The molecule has 0 aliphatic rings. The lowest BCUT2D eigenvalue weighted by molar-refractivity contribution is 0.0945. The largest absolute Gasteiger partial charge is 0.496 e. The van der Waals surface area contributed by atoms with Crippen LogP contribution in [0.4, 0.5) is 10.2 Å². The molecule has 0 atom stereocenters. The molecule has 0 aliphatic carbocycles.